The first kappa shape index (κ1) is 13.9. The van der Waals surface area contributed by atoms with Crippen molar-refractivity contribution in [1.82, 2.24) is 0 Å². The highest BCUT2D eigenvalue weighted by molar-refractivity contribution is 5.56. The lowest BCUT2D eigenvalue weighted by molar-refractivity contribution is 0.197. The first-order chi connectivity index (χ1) is 9.66. The highest BCUT2D eigenvalue weighted by atomic mass is 19.1. The Hall–Kier alpha value is -1.09. The minimum absolute atomic E-state index is 0.262. The van der Waals surface area contributed by atoms with E-state index in [0.717, 1.165) is 23.7 Å². The maximum atomic E-state index is 13.5. The van der Waals surface area contributed by atoms with Crippen molar-refractivity contribution >= 4 is 5.69 Å². The van der Waals surface area contributed by atoms with Crippen LogP contribution in [0.1, 0.15) is 57.1 Å². The number of hydrogen-bond acceptors (Lipinski definition) is 2. The summed E-state index contributed by atoms with van der Waals surface area (Å²) in [4.78, 5) is 2.44. The number of benzene rings is 1. The van der Waals surface area contributed by atoms with Gasteiger partial charge in [-0.05, 0) is 56.7 Å². The first-order valence-electron chi connectivity index (χ1n) is 7.91. The van der Waals surface area contributed by atoms with Crippen LogP contribution < -0.4 is 4.90 Å². The van der Waals surface area contributed by atoms with Crippen molar-refractivity contribution in [2.75, 3.05) is 11.4 Å². The highest BCUT2D eigenvalue weighted by Crippen LogP contribution is 2.40. The van der Waals surface area contributed by atoms with Crippen molar-refractivity contribution in [3.63, 3.8) is 0 Å². The zero-order chi connectivity index (χ0) is 14.1. The van der Waals surface area contributed by atoms with Crippen LogP contribution in [0.15, 0.2) is 18.2 Å². The zero-order valence-electron chi connectivity index (χ0n) is 12.2. The van der Waals surface area contributed by atoms with E-state index in [2.05, 4.69) is 4.90 Å². The lowest BCUT2D eigenvalue weighted by atomic mass is 9.78. The molecular formula is C17H24FNO. The summed E-state index contributed by atoms with van der Waals surface area (Å²) in [7, 11) is 0. The fourth-order valence-corrected chi connectivity index (χ4v) is 4.05. The average molecular weight is 277 g/mol. The Morgan fingerprint density at radius 3 is 2.75 bits per heavy atom. The van der Waals surface area contributed by atoms with E-state index in [1.165, 1.54) is 50.7 Å². The van der Waals surface area contributed by atoms with E-state index < -0.39 is 6.10 Å². The Morgan fingerprint density at radius 2 is 1.95 bits per heavy atom. The smallest absolute Gasteiger partial charge is 0.123 e. The van der Waals surface area contributed by atoms with E-state index in [9.17, 15) is 9.50 Å². The SMILES string of the molecule is C[C@@H](O)c1cc(F)ccc1N1CCC[C@H]2CCCC[C@H]21. The van der Waals surface area contributed by atoms with Crippen LogP contribution in [0.2, 0.25) is 0 Å². The summed E-state index contributed by atoms with van der Waals surface area (Å²) in [6, 6.07) is 5.45. The largest absolute Gasteiger partial charge is 0.389 e. The molecule has 1 N–H and O–H groups in total. The van der Waals surface area contributed by atoms with Crippen molar-refractivity contribution in [2.45, 2.75) is 57.6 Å². The molecule has 0 aromatic heterocycles. The topological polar surface area (TPSA) is 23.5 Å². The van der Waals surface area contributed by atoms with Crippen LogP contribution in [0.4, 0.5) is 10.1 Å². The van der Waals surface area contributed by atoms with Crippen LogP contribution in [-0.4, -0.2) is 17.7 Å². The fraction of sp³-hybridized carbons (Fsp3) is 0.647. The molecule has 3 atom stereocenters. The van der Waals surface area contributed by atoms with Crippen LogP contribution in [0.3, 0.4) is 0 Å². The van der Waals surface area contributed by atoms with E-state index >= 15 is 0 Å². The quantitative estimate of drug-likeness (QED) is 0.882. The normalized spacial score (nSPS) is 28.1. The molecule has 3 rings (SSSR count). The summed E-state index contributed by atoms with van der Waals surface area (Å²) in [5.74, 6) is 0.520. The van der Waals surface area contributed by atoms with Crippen LogP contribution >= 0.6 is 0 Å². The molecule has 110 valence electrons. The molecule has 1 aromatic rings. The summed E-state index contributed by atoms with van der Waals surface area (Å²) in [5.41, 5.74) is 1.77. The van der Waals surface area contributed by atoms with Gasteiger partial charge in [-0.1, -0.05) is 12.8 Å². The van der Waals surface area contributed by atoms with Crippen LogP contribution in [0.25, 0.3) is 0 Å². The molecule has 1 aromatic carbocycles. The third-order valence-corrected chi connectivity index (χ3v) is 4.99. The second-order valence-corrected chi connectivity index (χ2v) is 6.33. The van der Waals surface area contributed by atoms with Gasteiger partial charge in [0, 0.05) is 23.8 Å². The monoisotopic (exact) mass is 277 g/mol. The Morgan fingerprint density at radius 1 is 1.20 bits per heavy atom. The van der Waals surface area contributed by atoms with E-state index in [-0.39, 0.29) is 5.82 Å². The Bertz CT molecular complexity index is 472. The second-order valence-electron chi connectivity index (χ2n) is 6.33. The number of nitrogens with zero attached hydrogens (tertiary/aromatic N) is 1. The lowest BCUT2D eigenvalue weighted by Gasteiger charge is -2.46. The second kappa shape index (κ2) is 5.72. The van der Waals surface area contributed by atoms with Gasteiger partial charge in [0.15, 0.2) is 0 Å². The molecule has 1 aliphatic heterocycles. The molecule has 2 aliphatic rings. The van der Waals surface area contributed by atoms with E-state index in [1.54, 1.807) is 6.92 Å². The van der Waals surface area contributed by atoms with Crippen molar-refractivity contribution < 1.29 is 9.50 Å². The summed E-state index contributed by atoms with van der Waals surface area (Å²) < 4.78 is 13.5. The number of anilines is 1. The van der Waals surface area contributed by atoms with Crippen LogP contribution in [0.5, 0.6) is 0 Å². The highest BCUT2D eigenvalue weighted by Gasteiger charge is 2.34. The van der Waals surface area contributed by atoms with E-state index in [1.807, 2.05) is 6.07 Å². The van der Waals surface area contributed by atoms with Crippen LogP contribution in [0, 0.1) is 11.7 Å². The fourth-order valence-electron chi connectivity index (χ4n) is 4.05. The molecule has 0 bridgehead atoms. The molecule has 1 saturated carbocycles. The van der Waals surface area contributed by atoms with E-state index in [0.29, 0.717) is 6.04 Å². The predicted molar refractivity (Wildman–Crippen MR) is 79.4 cm³/mol. The van der Waals surface area contributed by atoms with Gasteiger partial charge < -0.3 is 10.0 Å². The minimum Gasteiger partial charge on any atom is -0.389 e. The van der Waals surface area contributed by atoms with Crippen LogP contribution in [-0.2, 0) is 0 Å². The molecule has 20 heavy (non-hydrogen) atoms. The van der Waals surface area contributed by atoms with Gasteiger partial charge in [-0.3, -0.25) is 0 Å². The van der Waals surface area contributed by atoms with Gasteiger partial charge in [0.2, 0.25) is 0 Å². The predicted octanol–water partition coefficient (Wildman–Crippen LogP) is 4.04. The third kappa shape index (κ3) is 2.56. The number of hydrogen-bond donors (Lipinski definition) is 1. The Kier molecular flexibility index (Phi) is 3.97. The van der Waals surface area contributed by atoms with Gasteiger partial charge in [-0.2, -0.15) is 0 Å². The standard InChI is InChI=1S/C17H24FNO/c1-12(20)15-11-14(18)8-9-17(15)19-10-4-6-13-5-2-3-7-16(13)19/h8-9,11-13,16,20H,2-7,10H2,1H3/t12-,13-,16-/m1/s1. The maximum absolute atomic E-state index is 13.5. The van der Waals surface area contributed by atoms with Gasteiger partial charge in [0.25, 0.3) is 0 Å². The number of aliphatic hydroxyl groups is 1. The summed E-state index contributed by atoms with van der Waals surface area (Å²) in [5, 5.41) is 9.96. The van der Waals surface area contributed by atoms with Gasteiger partial charge >= 0.3 is 0 Å². The van der Waals surface area contributed by atoms with Gasteiger partial charge in [-0.15, -0.1) is 0 Å². The summed E-state index contributed by atoms with van der Waals surface area (Å²) in [6.45, 7) is 2.76. The summed E-state index contributed by atoms with van der Waals surface area (Å²) in [6.07, 6.45) is 7.12. The number of aliphatic hydroxyl groups excluding tert-OH is 1. The molecule has 0 unspecified atom stereocenters. The van der Waals surface area contributed by atoms with Gasteiger partial charge in [0.1, 0.15) is 5.82 Å². The molecule has 3 heteroatoms. The van der Waals surface area contributed by atoms with Crippen molar-refractivity contribution in [3.8, 4) is 0 Å². The van der Waals surface area contributed by atoms with Crippen molar-refractivity contribution in [3.05, 3.63) is 29.6 Å². The summed E-state index contributed by atoms with van der Waals surface area (Å²) >= 11 is 0. The molecular weight excluding hydrogens is 253 g/mol. The third-order valence-electron chi connectivity index (χ3n) is 4.99. The molecule has 0 spiro atoms. The average Bonchev–Trinajstić information content (AvgIpc) is 2.46. The van der Waals surface area contributed by atoms with E-state index in [4.69, 9.17) is 0 Å². The number of fused-ring (bicyclic) bond motifs is 1. The zero-order valence-corrected chi connectivity index (χ0v) is 12.2. The molecule has 2 nitrogen and oxygen atoms in total. The van der Waals surface area contributed by atoms with Crippen molar-refractivity contribution in [1.29, 1.82) is 0 Å². The molecule has 2 fully saturated rings. The first-order valence-corrected chi connectivity index (χ1v) is 7.91. The maximum Gasteiger partial charge on any atom is 0.123 e. The van der Waals surface area contributed by atoms with Crippen molar-refractivity contribution in [2.24, 2.45) is 5.92 Å². The minimum atomic E-state index is -0.621. The van der Waals surface area contributed by atoms with Gasteiger partial charge in [0.05, 0.1) is 6.10 Å². The molecule has 0 radical (unpaired) electrons. The lowest BCUT2D eigenvalue weighted by Crippen LogP contribution is -2.47. The number of halogens is 1. The number of piperidine rings is 1. The molecule has 1 aliphatic carbocycles. The number of rotatable bonds is 2. The van der Waals surface area contributed by atoms with Gasteiger partial charge in [-0.25, -0.2) is 4.39 Å². The molecule has 1 saturated heterocycles. The Balaban J connectivity index is 1.94. The Labute approximate surface area is 120 Å². The molecule has 0 amide bonds. The molecule has 1 heterocycles.